The summed E-state index contributed by atoms with van der Waals surface area (Å²) in [7, 11) is 0. The zero-order valence-electron chi connectivity index (χ0n) is 25.3. The Morgan fingerprint density at radius 3 is 2.82 bits per heavy atom. The molecule has 0 bridgehead atoms. The van der Waals surface area contributed by atoms with E-state index in [-0.39, 0.29) is 41.5 Å². The number of imidazole rings is 1. The van der Waals surface area contributed by atoms with Crippen LogP contribution in [0.2, 0.25) is 0 Å². The molecule has 1 aliphatic heterocycles. The first-order chi connectivity index (χ1) is 21.1. The predicted octanol–water partition coefficient (Wildman–Crippen LogP) is 4.96. The second-order valence-corrected chi connectivity index (χ2v) is 13.2. The molecule has 3 aromatic heterocycles. The molecule has 12 heteroatoms. The van der Waals surface area contributed by atoms with E-state index < -0.39 is 0 Å². The van der Waals surface area contributed by atoms with Gasteiger partial charge in [-0.15, -0.1) is 11.3 Å². The lowest BCUT2D eigenvalue weighted by atomic mass is 9.93. The Bertz CT molecular complexity index is 1710. The molecule has 0 saturated carbocycles. The standard InChI is InChI=1S/C32H37N7O4S/c1-20(18-40)35-15-21-7-8-25-24(12-21)36-31(37-29(41)28-10-9-27(44-28)26-16-34-19-43-26)39(25)17-23-6-5-11-38(23)30(42)22(14-33)13-32(2,3)4/h7-10,12-13,16,19-20,23,35,40H,5-6,11,15,17-18H2,1-4H3,(H,36,37,41)/t20-,23-/m1/s1. The monoisotopic (exact) mass is 615 g/mol. The smallest absolute Gasteiger partial charge is 0.268 e. The predicted molar refractivity (Wildman–Crippen MR) is 169 cm³/mol. The van der Waals surface area contributed by atoms with Gasteiger partial charge in [0, 0.05) is 25.7 Å². The van der Waals surface area contributed by atoms with Crippen LogP contribution in [0.3, 0.4) is 0 Å². The molecule has 0 radical (unpaired) electrons. The van der Waals surface area contributed by atoms with Gasteiger partial charge in [0.2, 0.25) is 5.95 Å². The lowest BCUT2D eigenvalue weighted by Crippen LogP contribution is -2.39. The zero-order chi connectivity index (χ0) is 31.4. The van der Waals surface area contributed by atoms with Crippen molar-refractivity contribution in [1.82, 2.24) is 24.8 Å². The molecule has 5 rings (SSSR count). The number of fused-ring (bicyclic) bond motifs is 1. The molecule has 0 spiro atoms. The zero-order valence-corrected chi connectivity index (χ0v) is 26.1. The van der Waals surface area contributed by atoms with Crippen LogP contribution >= 0.6 is 11.3 Å². The van der Waals surface area contributed by atoms with Crippen LogP contribution in [0.15, 0.2) is 59.0 Å². The Morgan fingerprint density at radius 1 is 1.30 bits per heavy atom. The number of aliphatic hydroxyl groups excluding tert-OH is 1. The molecule has 2 atom stereocenters. The second-order valence-electron chi connectivity index (χ2n) is 12.1. The Hall–Kier alpha value is -4.31. The normalized spacial score (nSPS) is 16.3. The summed E-state index contributed by atoms with van der Waals surface area (Å²) in [6.45, 7) is 9.32. The number of aliphatic hydroxyl groups is 1. The number of anilines is 1. The maximum atomic E-state index is 13.5. The van der Waals surface area contributed by atoms with Crippen LogP contribution in [0, 0.1) is 16.7 Å². The molecule has 11 nitrogen and oxygen atoms in total. The van der Waals surface area contributed by atoms with Crippen LogP contribution in [-0.4, -0.2) is 61.6 Å². The maximum absolute atomic E-state index is 13.5. The maximum Gasteiger partial charge on any atom is 0.268 e. The average Bonchev–Trinajstić information content (AvgIpc) is 3.81. The summed E-state index contributed by atoms with van der Waals surface area (Å²) in [6, 6.07) is 11.3. The first-order valence-electron chi connectivity index (χ1n) is 14.6. The number of benzene rings is 1. The van der Waals surface area contributed by atoms with Crippen molar-refractivity contribution in [2.75, 3.05) is 18.5 Å². The van der Waals surface area contributed by atoms with Crippen molar-refractivity contribution in [2.45, 2.75) is 65.7 Å². The number of nitrogens with zero attached hydrogens (tertiary/aromatic N) is 5. The number of nitriles is 1. The van der Waals surface area contributed by atoms with Crippen LogP contribution in [-0.2, 0) is 17.9 Å². The van der Waals surface area contributed by atoms with E-state index in [1.54, 1.807) is 23.2 Å². The van der Waals surface area contributed by atoms with Gasteiger partial charge in [-0.05, 0) is 55.0 Å². The highest BCUT2D eigenvalue weighted by molar-refractivity contribution is 7.17. The highest BCUT2D eigenvalue weighted by atomic mass is 32.1. The number of carbonyl (C=O) groups excluding carboxylic acids is 2. The number of carbonyl (C=O) groups is 2. The summed E-state index contributed by atoms with van der Waals surface area (Å²) in [5.41, 5.74) is 2.33. The van der Waals surface area contributed by atoms with E-state index in [9.17, 15) is 20.0 Å². The van der Waals surface area contributed by atoms with Gasteiger partial charge in [0.05, 0.1) is 39.6 Å². The van der Waals surface area contributed by atoms with E-state index in [0.29, 0.717) is 41.7 Å². The largest absolute Gasteiger partial charge is 0.443 e. The van der Waals surface area contributed by atoms with E-state index in [2.05, 4.69) is 21.7 Å². The third-order valence-corrected chi connectivity index (χ3v) is 8.53. The van der Waals surface area contributed by atoms with E-state index in [1.165, 1.54) is 17.7 Å². The molecule has 2 amide bonds. The Morgan fingerprint density at radius 2 is 2.11 bits per heavy atom. The lowest BCUT2D eigenvalue weighted by Gasteiger charge is -2.26. The summed E-state index contributed by atoms with van der Waals surface area (Å²) < 4.78 is 7.32. The molecule has 0 aliphatic carbocycles. The average molecular weight is 616 g/mol. The molecule has 4 heterocycles. The fourth-order valence-electron chi connectivity index (χ4n) is 5.25. The molecular formula is C32H37N7O4S. The fraction of sp³-hybridized carbons (Fsp3) is 0.406. The quantitative estimate of drug-likeness (QED) is 0.167. The molecular weight excluding hydrogens is 578 g/mol. The lowest BCUT2D eigenvalue weighted by molar-refractivity contribution is -0.127. The molecule has 1 aliphatic rings. The van der Waals surface area contributed by atoms with Gasteiger partial charge in [-0.3, -0.25) is 14.9 Å². The Labute approximate surface area is 260 Å². The number of amides is 2. The topological polar surface area (TPSA) is 149 Å². The Balaban J connectivity index is 1.45. The van der Waals surface area contributed by atoms with E-state index in [4.69, 9.17) is 9.40 Å². The number of nitrogens with one attached hydrogen (secondary N) is 2. The van der Waals surface area contributed by atoms with Crippen LogP contribution in [0.25, 0.3) is 21.7 Å². The number of oxazole rings is 1. The third-order valence-electron chi connectivity index (χ3n) is 7.43. The van der Waals surface area contributed by atoms with Crippen LogP contribution in [0.1, 0.15) is 55.8 Å². The minimum absolute atomic E-state index is 0.0307. The molecule has 0 unspecified atom stereocenters. The van der Waals surface area contributed by atoms with E-state index in [1.807, 2.05) is 56.5 Å². The van der Waals surface area contributed by atoms with Crippen molar-refractivity contribution >= 4 is 40.1 Å². The highest BCUT2D eigenvalue weighted by Gasteiger charge is 2.32. The van der Waals surface area contributed by atoms with Crippen LogP contribution in [0.4, 0.5) is 5.95 Å². The SMILES string of the molecule is C[C@H](CO)NCc1ccc2c(c1)nc(NC(=O)c1ccc(-c3cnco3)s1)n2C[C@H]1CCCN1C(=O)C(C#N)=CC(C)(C)C. The molecule has 44 heavy (non-hydrogen) atoms. The number of allylic oxidation sites excluding steroid dienone is 1. The van der Waals surface area contributed by atoms with Gasteiger partial charge in [0.25, 0.3) is 11.8 Å². The molecule has 1 fully saturated rings. The molecule has 230 valence electrons. The van der Waals surface area contributed by atoms with Crippen molar-refractivity contribution in [3.8, 4) is 16.7 Å². The number of hydrogen-bond acceptors (Lipinski definition) is 9. The number of thiophene rings is 1. The minimum atomic E-state index is -0.315. The highest BCUT2D eigenvalue weighted by Crippen LogP contribution is 2.30. The number of likely N-dealkylation sites (tertiary alicyclic amines) is 1. The van der Waals surface area contributed by atoms with Crippen molar-refractivity contribution in [2.24, 2.45) is 5.41 Å². The van der Waals surface area contributed by atoms with Crippen molar-refractivity contribution in [1.29, 1.82) is 5.26 Å². The fourth-order valence-corrected chi connectivity index (χ4v) is 6.10. The minimum Gasteiger partial charge on any atom is -0.443 e. The third kappa shape index (κ3) is 7.07. The summed E-state index contributed by atoms with van der Waals surface area (Å²) in [4.78, 5) is 38.8. The first kappa shape index (κ1) is 31.1. The number of hydrogen-bond donors (Lipinski definition) is 3. The van der Waals surface area contributed by atoms with E-state index >= 15 is 0 Å². The molecule has 3 N–H and O–H groups in total. The van der Waals surface area contributed by atoms with Gasteiger partial charge in [-0.1, -0.05) is 32.9 Å². The van der Waals surface area contributed by atoms with Crippen LogP contribution in [0.5, 0.6) is 0 Å². The van der Waals surface area contributed by atoms with Crippen LogP contribution < -0.4 is 10.6 Å². The van der Waals surface area contributed by atoms with Gasteiger partial charge in [0.1, 0.15) is 11.6 Å². The van der Waals surface area contributed by atoms with Gasteiger partial charge < -0.3 is 24.3 Å². The van der Waals surface area contributed by atoms with Gasteiger partial charge in [-0.25, -0.2) is 9.97 Å². The number of rotatable bonds is 10. The van der Waals surface area contributed by atoms with Gasteiger partial charge >= 0.3 is 0 Å². The molecule has 1 saturated heterocycles. The summed E-state index contributed by atoms with van der Waals surface area (Å²) in [5, 5.41) is 25.4. The summed E-state index contributed by atoms with van der Waals surface area (Å²) in [5.74, 6) is 0.375. The van der Waals surface area contributed by atoms with Crippen molar-refractivity contribution < 1.29 is 19.1 Å². The number of aromatic nitrogens is 3. The van der Waals surface area contributed by atoms with Crippen molar-refractivity contribution in [3.05, 3.63) is 65.0 Å². The second kappa shape index (κ2) is 13.1. The summed E-state index contributed by atoms with van der Waals surface area (Å²) in [6.07, 6.45) is 6.26. The Kier molecular flexibility index (Phi) is 9.29. The van der Waals surface area contributed by atoms with Gasteiger partial charge in [-0.2, -0.15) is 5.26 Å². The summed E-state index contributed by atoms with van der Waals surface area (Å²) >= 11 is 1.29. The van der Waals surface area contributed by atoms with Gasteiger partial charge in [0.15, 0.2) is 12.2 Å². The molecule has 4 aromatic rings. The molecule has 1 aromatic carbocycles. The first-order valence-corrected chi connectivity index (χ1v) is 15.5. The van der Waals surface area contributed by atoms with Crippen molar-refractivity contribution in [3.63, 3.8) is 0 Å². The van der Waals surface area contributed by atoms with E-state index in [0.717, 1.165) is 28.8 Å².